The second-order valence-electron chi connectivity index (χ2n) is 7.31. The highest BCUT2D eigenvalue weighted by Gasteiger charge is 2.45. The number of nitrogens with one attached hydrogen (secondary N) is 1. The number of benzene rings is 1. The van der Waals surface area contributed by atoms with Crippen LogP contribution in [0.25, 0.3) is 0 Å². The zero-order valence-electron chi connectivity index (χ0n) is 16.3. The molecule has 10 heteroatoms. The van der Waals surface area contributed by atoms with Gasteiger partial charge >= 0.3 is 0 Å². The molecule has 0 saturated carbocycles. The molecule has 2 aliphatic heterocycles. The molecule has 1 aromatic rings. The van der Waals surface area contributed by atoms with Crippen molar-refractivity contribution in [1.82, 2.24) is 10.2 Å². The van der Waals surface area contributed by atoms with Gasteiger partial charge in [0.05, 0.1) is 42.0 Å². The van der Waals surface area contributed by atoms with Gasteiger partial charge in [0.1, 0.15) is 5.75 Å². The van der Waals surface area contributed by atoms with Crippen LogP contribution in [0.4, 0.5) is 0 Å². The van der Waals surface area contributed by atoms with E-state index in [2.05, 4.69) is 10.2 Å². The molecule has 2 heterocycles. The fraction of sp³-hybridized carbons (Fsp3) is 0.667. The molecule has 2 aliphatic rings. The number of aryl methyl sites for hydroxylation is 1. The van der Waals surface area contributed by atoms with Gasteiger partial charge in [-0.3, -0.25) is 4.90 Å². The smallest absolute Gasteiger partial charge is 0.183 e. The van der Waals surface area contributed by atoms with Crippen LogP contribution in [0, 0.1) is 6.92 Å². The number of hydrogen-bond acceptors (Lipinski definition) is 8. The van der Waals surface area contributed by atoms with Gasteiger partial charge in [-0.2, -0.15) is 0 Å². The molecular formula is C18H28N2O6S2. The summed E-state index contributed by atoms with van der Waals surface area (Å²) in [6.45, 7) is 6.07. The SMILES string of the molecule is COc1ccc(S(=O)(=O)C2CS(=O)(=O)CC2NCCN2CCOCC2)cc1C. The summed E-state index contributed by atoms with van der Waals surface area (Å²) in [5, 5.41) is 2.19. The van der Waals surface area contributed by atoms with Crippen molar-refractivity contribution in [1.29, 1.82) is 0 Å². The van der Waals surface area contributed by atoms with Gasteiger partial charge in [-0.15, -0.1) is 0 Å². The molecule has 3 rings (SSSR count). The van der Waals surface area contributed by atoms with Crippen LogP contribution in [0.1, 0.15) is 5.56 Å². The lowest BCUT2D eigenvalue weighted by atomic mass is 10.2. The monoisotopic (exact) mass is 432 g/mol. The Morgan fingerprint density at radius 1 is 1.25 bits per heavy atom. The summed E-state index contributed by atoms with van der Waals surface area (Å²) in [6, 6.07) is 4.02. The number of nitrogens with zero attached hydrogens (tertiary/aromatic N) is 1. The fourth-order valence-corrected chi connectivity index (χ4v) is 8.55. The summed E-state index contributed by atoms with van der Waals surface area (Å²) in [4.78, 5) is 2.35. The average Bonchev–Trinajstić information content (AvgIpc) is 2.98. The Balaban J connectivity index is 1.74. The highest BCUT2D eigenvalue weighted by atomic mass is 32.2. The molecule has 8 nitrogen and oxygen atoms in total. The van der Waals surface area contributed by atoms with E-state index >= 15 is 0 Å². The van der Waals surface area contributed by atoms with Gasteiger partial charge in [0.25, 0.3) is 0 Å². The molecule has 0 radical (unpaired) electrons. The molecule has 158 valence electrons. The van der Waals surface area contributed by atoms with E-state index < -0.39 is 31.0 Å². The summed E-state index contributed by atoms with van der Waals surface area (Å²) in [7, 11) is -5.68. The molecule has 1 N–H and O–H groups in total. The first-order valence-electron chi connectivity index (χ1n) is 9.35. The highest BCUT2D eigenvalue weighted by Crippen LogP contribution is 2.29. The number of methoxy groups -OCH3 is 1. The van der Waals surface area contributed by atoms with Crippen LogP contribution in [0.2, 0.25) is 0 Å². The van der Waals surface area contributed by atoms with Gasteiger partial charge in [-0.25, -0.2) is 16.8 Å². The third-order valence-corrected chi connectivity index (χ3v) is 9.48. The minimum absolute atomic E-state index is 0.132. The normalized spacial score (nSPS) is 25.6. The molecule has 0 amide bonds. The van der Waals surface area contributed by atoms with E-state index in [-0.39, 0.29) is 16.4 Å². The van der Waals surface area contributed by atoms with Crippen LogP contribution in [0.15, 0.2) is 23.1 Å². The van der Waals surface area contributed by atoms with Crippen LogP contribution in [0.3, 0.4) is 0 Å². The summed E-state index contributed by atoms with van der Waals surface area (Å²) in [5.41, 5.74) is 0.696. The van der Waals surface area contributed by atoms with Gasteiger partial charge < -0.3 is 14.8 Å². The lowest BCUT2D eigenvalue weighted by molar-refractivity contribution is 0.0382. The first-order chi connectivity index (χ1) is 13.2. The maximum Gasteiger partial charge on any atom is 0.183 e. The maximum atomic E-state index is 13.2. The Morgan fingerprint density at radius 3 is 2.61 bits per heavy atom. The number of ether oxygens (including phenoxy) is 2. The van der Waals surface area contributed by atoms with Crippen molar-refractivity contribution in [2.75, 3.05) is 58.0 Å². The quantitative estimate of drug-likeness (QED) is 0.636. The van der Waals surface area contributed by atoms with E-state index in [1.165, 1.54) is 13.2 Å². The lowest BCUT2D eigenvalue weighted by Gasteiger charge is -2.27. The Kier molecular flexibility index (Phi) is 6.65. The molecule has 2 unspecified atom stereocenters. The molecule has 2 saturated heterocycles. The van der Waals surface area contributed by atoms with Crippen LogP contribution in [-0.2, 0) is 24.4 Å². The summed E-state index contributed by atoms with van der Waals surface area (Å²) in [5.74, 6) is 0.0864. The highest BCUT2D eigenvalue weighted by molar-refractivity contribution is 7.96. The number of morpholine rings is 1. The minimum atomic E-state index is -3.79. The molecule has 2 fully saturated rings. The zero-order chi connectivity index (χ0) is 20.4. The summed E-state index contributed by atoms with van der Waals surface area (Å²) >= 11 is 0. The third-order valence-electron chi connectivity index (χ3n) is 5.33. The molecule has 0 spiro atoms. The molecule has 28 heavy (non-hydrogen) atoms. The minimum Gasteiger partial charge on any atom is -0.496 e. The maximum absolute atomic E-state index is 13.2. The van der Waals surface area contributed by atoms with E-state index in [9.17, 15) is 16.8 Å². The van der Waals surface area contributed by atoms with Crippen LogP contribution >= 0.6 is 0 Å². The number of sulfone groups is 2. The van der Waals surface area contributed by atoms with Crippen molar-refractivity contribution in [2.45, 2.75) is 23.1 Å². The second-order valence-corrected chi connectivity index (χ2v) is 11.6. The lowest BCUT2D eigenvalue weighted by Crippen LogP contribution is -2.47. The Labute approximate surface area is 167 Å². The standard InChI is InChI=1S/C18H28N2O6S2/c1-14-11-15(3-4-17(14)25-2)28(23,24)18-13-27(21,22)12-16(18)19-5-6-20-7-9-26-10-8-20/h3-4,11,16,18-19H,5-10,12-13H2,1-2H3. The van der Waals surface area contributed by atoms with Crippen LogP contribution in [-0.4, -0.2) is 91.0 Å². The number of rotatable bonds is 7. The van der Waals surface area contributed by atoms with Crippen molar-refractivity contribution in [2.24, 2.45) is 0 Å². The van der Waals surface area contributed by atoms with Crippen LogP contribution in [0.5, 0.6) is 5.75 Å². The van der Waals surface area contributed by atoms with Gasteiger partial charge in [0, 0.05) is 32.2 Å². The second kappa shape index (κ2) is 8.66. The predicted molar refractivity (Wildman–Crippen MR) is 106 cm³/mol. The third kappa shape index (κ3) is 4.85. The Hall–Kier alpha value is -1.20. The Morgan fingerprint density at radius 2 is 1.96 bits per heavy atom. The number of hydrogen-bond donors (Lipinski definition) is 1. The van der Waals surface area contributed by atoms with Crippen molar-refractivity contribution in [3.8, 4) is 5.75 Å². The van der Waals surface area contributed by atoms with E-state index in [0.29, 0.717) is 31.1 Å². The fourth-order valence-electron chi connectivity index (χ4n) is 3.75. The van der Waals surface area contributed by atoms with E-state index in [4.69, 9.17) is 9.47 Å². The molecular weight excluding hydrogens is 404 g/mol. The molecule has 0 bridgehead atoms. The summed E-state index contributed by atoms with van der Waals surface area (Å²) in [6.07, 6.45) is 0. The van der Waals surface area contributed by atoms with Gasteiger partial charge in [-0.1, -0.05) is 0 Å². The zero-order valence-corrected chi connectivity index (χ0v) is 17.9. The molecule has 0 aromatic heterocycles. The van der Waals surface area contributed by atoms with E-state index in [1.54, 1.807) is 19.1 Å². The summed E-state index contributed by atoms with van der Waals surface area (Å²) < 4.78 is 61.3. The van der Waals surface area contributed by atoms with E-state index in [0.717, 1.165) is 19.6 Å². The Bertz CT molecular complexity index is 895. The van der Waals surface area contributed by atoms with Crippen molar-refractivity contribution >= 4 is 19.7 Å². The van der Waals surface area contributed by atoms with Gasteiger partial charge in [0.15, 0.2) is 19.7 Å². The molecule has 2 atom stereocenters. The van der Waals surface area contributed by atoms with Crippen molar-refractivity contribution < 1.29 is 26.3 Å². The van der Waals surface area contributed by atoms with E-state index in [1.807, 2.05) is 0 Å². The largest absolute Gasteiger partial charge is 0.496 e. The first kappa shape index (κ1) is 21.5. The predicted octanol–water partition coefficient (Wildman–Crippen LogP) is -0.135. The average molecular weight is 433 g/mol. The van der Waals surface area contributed by atoms with Crippen molar-refractivity contribution in [3.63, 3.8) is 0 Å². The van der Waals surface area contributed by atoms with Gasteiger partial charge in [-0.05, 0) is 30.7 Å². The molecule has 0 aliphatic carbocycles. The van der Waals surface area contributed by atoms with Crippen molar-refractivity contribution in [3.05, 3.63) is 23.8 Å². The van der Waals surface area contributed by atoms with Gasteiger partial charge in [0.2, 0.25) is 0 Å². The topological polar surface area (TPSA) is 102 Å². The first-order valence-corrected chi connectivity index (χ1v) is 12.7. The van der Waals surface area contributed by atoms with Crippen LogP contribution < -0.4 is 10.1 Å². The molecule has 1 aromatic carbocycles.